The Bertz CT molecular complexity index is 1180. The first-order valence-corrected chi connectivity index (χ1v) is 14.1. The quantitative estimate of drug-likeness (QED) is 0.200. The molecule has 36 heavy (non-hydrogen) atoms. The smallest absolute Gasteiger partial charge is 0.336 e. The van der Waals surface area contributed by atoms with Gasteiger partial charge in [0.15, 0.2) is 0 Å². The number of para-hydroxylation sites is 1. The molecule has 3 aliphatic rings. The summed E-state index contributed by atoms with van der Waals surface area (Å²) in [5.41, 5.74) is 3.41. The first-order valence-electron chi connectivity index (χ1n) is 13.0. The number of rotatable bonds is 8. The standard InChI is InChI=1S/C27H34N4O4S/c1-17-22(27(32)35-15-16-36-19-11-5-6-12-19)23(20-13-7-8-14-21(20)31(33)34)24-25(18-9-3-4-10-18)29-30(2)26(24)28-17/h7-8,13-14,18-19,23,28H,3-6,9-12,15-16H2,1-2H3. The average Bonchev–Trinajstić information content (AvgIpc) is 3.63. The zero-order valence-corrected chi connectivity index (χ0v) is 21.8. The molecule has 2 saturated carbocycles. The van der Waals surface area contributed by atoms with Gasteiger partial charge in [-0.1, -0.05) is 43.9 Å². The van der Waals surface area contributed by atoms with Gasteiger partial charge < -0.3 is 10.1 Å². The van der Waals surface area contributed by atoms with Crippen LogP contribution in [-0.2, 0) is 16.6 Å². The molecule has 0 amide bonds. The summed E-state index contributed by atoms with van der Waals surface area (Å²) in [6.45, 7) is 2.17. The summed E-state index contributed by atoms with van der Waals surface area (Å²) in [5.74, 6) is 0.818. The van der Waals surface area contributed by atoms with E-state index in [1.54, 1.807) is 18.2 Å². The minimum atomic E-state index is -0.609. The van der Waals surface area contributed by atoms with Crippen LogP contribution in [0.4, 0.5) is 11.5 Å². The predicted molar refractivity (Wildman–Crippen MR) is 141 cm³/mol. The monoisotopic (exact) mass is 510 g/mol. The van der Waals surface area contributed by atoms with Crippen LogP contribution in [0.5, 0.6) is 0 Å². The van der Waals surface area contributed by atoms with Crippen molar-refractivity contribution in [2.75, 3.05) is 17.7 Å². The molecule has 1 atom stereocenters. The Labute approximate surface area is 216 Å². The zero-order chi connectivity index (χ0) is 25.2. The molecule has 1 aromatic carbocycles. The van der Waals surface area contributed by atoms with E-state index in [1.807, 2.05) is 30.4 Å². The second-order valence-electron chi connectivity index (χ2n) is 10.1. The molecule has 0 radical (unpaired) electrons. The molecule has 0 saturated heterocycles. The number of fused-ring (bicyclic) bond motifs is 1. The van der Waals surface area contributed by atoms with Gasteiger partial charge in [-0.3, -0.25) is 14.8 Å². The molecule has 9 heteroatoms. The summed E-state index contributed by atoms with van der Waals surface area (Å²) < 4.78 is 7.61. The molecule has 2 aliphatic carbocycles. The van der Waals surface area contributed by atoms with Crippen LogP contribution in [0.25, 0.3) is 0 Å². The zero-order valence-electron chi connectivity index (χ0n) is 21.0. The summed E-state index contributed by atoms with van der Waals surface area (Å²) in [4.78, 5) is 25.3. The number of hydrogen-bond acceptors (Lipinski definition) is 7. The Kier molecular flexibility index (Phi) is 7.37. The van der Waals surface area contributed by atoms with Crippen LogP contribution in [0.15, 0.2) is 35.5 Å². The third-order valence-corrected chi connectivity index (χ3v) is 9.12. The highest BCUT2D eigenvalue weighted by atomic mass is 32.2. The summed E-state index contributed by atoms with van der Waals surface area (Å²) in [6.07, 6.45) is 9.39. The highest BCUT2D eigenvalue weighted by molar-refractivity contribution is 7.99. The third kappa shape index (κ3) is 4.77. The number of ether oxygens (including phenoxy) is 1. The summed E-state index contributed by atoms with van der Waals surface area (Å²) in [5, 5.41) is 21.0. The normalized spacial score (nSPS) is 20.4. The predicted octanol–water partition coefficient (Wildman–Crippen LogP) is 6.04. The number of hydrogen-bond donors (Lipinski definition) is 1. The molecule has 0 bridgehead atoms. The summed E-state index contributed by atoms with van der Waals surface area (Å²) in [7, 11) is 1.89. The van der Waals surface area contributed by atoms with Gasteiger partial charge >= 0.3 is 5.97 Å². The van der Waals surface area contributed by atoms with Gasteiger partial charge in [-0.05, 0) is 32.6 Å². The molecule has 1 aromatic heterocycles. The Morgan fingerprint density at radius 3 is 2.61 bits per heavy atom. The maximum absolute atomic E-state index is 13.6. The van der Waals surface area contributed by atoms with Crippen LogP contribution < -0.4 is 5.32 Å². The number of carbonyl (C=O) groups excluding carboxylic acids is 1. The Balaban J connectivity index is 1.51. The van der Waals surface area contributed by atoms with Crippen LogP contribution in [0.2, 0.25) is 0 Å². The van der Waals surface area contributed by atoms with E-state index >= 15 is 0 Å². The second kappa shape index (κ2) is 10.7. The lowest BCUT2D eigenvalue weighted by molar-refractivity contribution is -0.385. The highest BCUT2D eigenvalue weighted by Crippen LogP contribution is 2.49. The van der Waals surface area contributed by atoms with Crippen LogP contribution in [0.1, 0.15) is 86.9 Å². The van der Waals surface area contributed by atoms with E-state index in [-0.39, 0.29) is 16.5 Å². The Morgan fingerprint density at radius 2 is 1.89 bits per heavy atom. The molecular weight excluding hydrogens is 476 g/mol. The molecular formula is C27H34N4O4S. The van der Waals surface area contributed by atoms with E-state index in [2.05, 4.69) is 5.32 Å². The van der Waals surface area contributed by atoms with Crippen molar-refractivity contribution < 1.29 is 14.5 Å². The largest absolute Gasteiger partial charge is 0.461 e. The first-order chi connectivity index (χ1) is 17.5. The lowest BCUT2D eigenvalue weighted by Crippen LogP contribution is -2.26. The van der Waals surface area contributed by atoms with Crippen LogP contribution >= 0.6 is 11.8 Å². The second-order valence-corrected chi connectivity index (χ2v) is 11.5. The fraction of sp³-hybridized carbons (Fsp3) is 0.556. The fourth-order valence-corrected chi connectivity index (χ4v) is 7.24. The molecule has 2 aromatic rings. The molecule has 2 heterocycles. The van der Waals surface area contributed by atoms with E-state index in [0.29, 0.717) is 28.7 Å². The van der Waals surface area contributed by atoms with Gasteiger partial charge in [0.05, 0.1) is 22.1 Å². The van der Waals surface area contributed by atoms with Crippen molar-refractivity contribution in [2.45, 2.75) is 75.4 Å². The molecule has 0 spiro atoms. The van der Waals surface area contributed by atoms with E-state index in [4.69, 9.17) is 9.84 Å². The highest BCUT2D eigenvalue weighted by Gasteiger charge is 2.42. The maximum atomic E-state index is 13.6. The molecule has 1 aliphatic heterocycles. The summed E-state index contributed by atoms with van der Waals surface area (Å²) >= 11 is 1.88. The van der Waals surface area contributed by atoms with Crippen molar-refractivity contribution in [2.24, 2.45) is 7.05 Å². The SMILES string of the molecule is CC1=C(C(=O)OCCSC2CCCC2)C(c2ccccc2[N+](=O)[O-])c2c(C3CCCC3)nn(C)c2N1. The average molecular weight is 511 g/mol. The minimum Gasteiger partial charge on any atom is -0.461 e. The number of nitro benzene ring substituents is 1. The Morgan fingerprint density at radius 1 is 1.19 bits per heavy atom. The number of esters is 1. The molecule has 5 rings (SSSR count). The first kappa shape index (κ1) is 24.9. The van der Waals surface area contributed by atoms with Crippen LogP contribution in [0.3, 0.4) is 0 Å². The Hall–Kier alpha value is -2.81. The minimum absolute atomic E-state index is 0.00599. The van der Waals surface area contributed by atoms with Crippen LogP contribution in [0, 0.1) is 10.1 Å². The van der Waals surface area contributed by atoms with Crippen molar-refractivity contribution in [1.29, 1.82) is 0 Å². The van der Waals surface area contributed by atoms with Gasteiger partial charge in [-0.25, -0.2) is 4.79 Å². The number of nitrogens with zero attached hydrogens (tertiary/aromatic N) is 3. The molecule has 2 fully saturated rings. The number of aryl methyl sites for hydroxylation is 1. The van der Waals surface area contributed by atoms with Crippen molar-refractivity contribution >= 4 is 29.2 Å². The topological polar surface area (TPSA) is 99.3 Å². The molecule has 1 unspecified atom stereocenters. The van der Waals surface area contributed by atoms with E-state index in [9.17, 15) is 14.9 Å². The third-order valence-electron chi connectivity index (χ3n) is 7.78. The van der Waals surface area contributed by atoms with E-state index in [0.717, 1.165) is 48.5 Å². The number of allylic oxidation sites excluding steroid dienone is 1. The molecule has 1 N–H and O–H groups in total. The number of anilines is 1. The van der Waals surface area contributed by atoms with Crippen molar-refractivity contribution in [3.63, 3.8) is 0 Å². The lowest BCUT2D eigenvalue weighted by Gasteiger charge is -2.29. The van der Waals surface area contributed by atoms with Gasteiger partial charge in [-0.2, -0.15) is 16.9 Å². The molecule has 8 nitrogen and oxygen atoms in total. The number of carbonyl (C=O) groups is 1. The number of nitrogens with one attached hydrogen (secondary N) is 1. The fourth-order valence-electron chi connectivity index (χ4n) is 6.06. The number of nitro groups is 1. The maximum Gasteiger partial charge on any atom is 0.336 e. The number of thioether (sulfide) groups is 1. The summed E-state index contributed by atoms with van der Waals surface area (Å²) in [6, 6.07) is 6.74. The van der Waals surface area contributed by atoms with Gasteiger partial charge in [0.25, 0.3) is 5.69 Å². The van der Waals surface area contributed by atoms with E-state index in [1.165, 1.54) is 31.7 Å². The number of benzene rings is 1. The van der Waals surface area contributed by atoms with Gasteiger partial charge in [0.2, 0.25) is 0 Å². The molecule has 192 valence electrons. The number of aromatic nitrogens is 2. The van der Waals surface area contributed by atoms with Crippen LogP contribution in [-0.4, -0.2) is 38.3 Å². The van der Waals surface area contributed by atoms with Crippen molar-refractivity contribution in [1.82, 2.24) is 9.78 Å². The van der Waals surface area contributed by atoms with Gasteiger partial charge in [0.1, 0.15) is 12.4 Å². The van der Waals surface area contributed by atoms with Gasteiger partial charge in [0, 0.05) is 46.9 Å². The van der Waals surface area contributed by atoms with Crippen molar-refractivity contribution in [3.05, 3.63) is 62.5 Å². The van der Waals surface area contributed by atoms with Crippen molar-refractivity contribution in [3.8, 4) is 0 Å². The lowest BCUT2D eigenvalue weighted by atomic mass is 9.79. The van der Waals surface area contributed by atoms with E-state index < -0.39 is 11.9 Å². The van der Waals surface area contributed by atoms with Gasteiger partial charge in [-0.15, -0.1) is 0 Å².